The van der Waals surface area contributed by atoms with Gasteiger partial charge < -0.3 is 15.0 Å². The molecule has 0 aliphatic heterocycles. The van der Waals surface area contributed by atoms with Gasteiger partial charge in [0.05, 0.1) is 0 Å². The molecule has 0 aliphatic rings. The molecular formula is C23H14F4N6O3. The van der Waals surface area contributed by atoms with E-state index in [1.807, 2.05) is 0 Å². The monoisotopic (exact) mass is 498 g/mol. The summed E-state index contributed by atoms with van der Waals surface area (Å²) in [5, 5.41) is 2.23. The summed E-state index contributed by atoms with van der Waals surface area (Å²) in [6.45, 7) is 0. The average Bonchev–Trinajstić information content (AvgIpc) is 3.45. The maximum Gasteiger partial charge on any atom is 0.434 e. The van der Waals surface area contributed by atoms with Crippen LogP contribution in [-0.2, 0) is 6.18 Å². The molecule has 0 spiro atoms. The summed E-state index contributed by atoms with van der Waals surface area (Å²) >= 11 is 0. The van der Waals surface area contributed by atoms with Crippen LogP contribution in [0.3, 0.4) is 0 Å². The largest absolute Gasteiger partial charge is 0.452 e. The molecule has 36 heavy (non-hydrogen) atoms. The second-order valence-corrected chi connectivity index (χ2v) is 7.46. The number of rotatable bonds is 5. The lowest BCUT2D eigenvalue weighted by atomic mass is 10.2. The number of pyridine rings is 1. The van der Waals surface area contributed by atoms with E-state index in [2.05, 4.69) is 25.3 Å². The van der Waals surface area contributed by atoms with Gasteiger partial charge in [0, 0.05) is 29.7 Å². The Morgan fingerprint density at radius 1 is 1.00 bits per heavy atom. The highest BCUT2D eigenvalue weighted by atomic mass is 19.4. The van der Waals surface area contributed by atoms with Gasteiger partial charge in [-0.25, -0.2) is 19.2 Å². The quantitative estimate of drug-likeness (QED) is 0.305. The van der Waals surface area contributed by atoms with Crippen molar-refractivity contribution in [3.8, 4) is 17.2 Å². The number of ether oxygens (including phenoxy) is 1. The number of carbonyl (C=O) groups excluding carboxylic acids is 1. The first-order chi connectivity index (χ1) is 17.2. The summed E-state index contributed by atoms with van der Waals surface area (Å²) in [4.78, 5) is 36.7. The number of carbonyl (C=O) groups is 1. The molecule has 0 bridgehead atoms. The van der Waals surface area contributed by atoms with E-state index >= 15 is 0 Å². The maximum absolute atomic E-state index is 14.7. The topological polar surface area (TPSA) is 118 Å². The summed E-state index contributed by atoms with van der Waals surface area (Å²) in [6.07, 6.45) is -2.65. The summed E-state index contributed by atoms with van der Waals surface area (Å²) in [5.74, 6) is -2.24. The Kier molecular flexibility index (Phi) is 5.51. The Balaban J connectivity index is 1.41. The molecule has 9 nitrogen and oxygen atoms in total. The number of para-hydroxylation sites is 1. The van der Waals surface area contributed by atoms with E-state index in [0.717, 1.165) is 17.0 Å². The number of alkyl halides is 3. The first kappa shape index (κ1) is 22.8. The molecule has 0 radical (unpaired) electrons. The molecule has 1 amide bonds. The van der Waals surface area contributed by atoms with E-state index in [1.54, 1.807) is 18.2 Å². The molecule has 5 rings (SSSR count). The van der Waals surface area contributed by atoms with Crippen molar-refractivity contribution in [2.45, 2.75) is 6.18 Å². The van der Waals surface area contributed by atoms with Crippen molar-refractivity contribution in [1.29, 1.82) is 0 Å². The Labute approximate surface area is 198 Å². The highest BCUT2D eigenvalue weighted by Gasteiger charge is 2.40. The third-order valence-electron chi connectivity index (χ3n) is 5.08. The summed E-state index contributed by atoms with van der Waals surface area (Å²) in [5.41, 5.74) is -2.21. The van der Waals surface area contributed by atoms with Crippen molar-refractivity contribution >= 4 is 22.8 Å². The fourth-order valence-electron chi connectivity index (χ4n) is 3.54. The van der Waals surface area contributed by atoms with Crippen LogP contribution in [0.2, 0.25) is 0 Å². The second kappa shape index (κ2) is 8.69. The van der Waals surface area contributed by atoms with E-state index in [-0.39, 0.29) is 34.0 Å². The second-order valence-electron chi connectivity index (χ2n) is 7.46. The molecule has 0 fully saturated rings. The predicted octanol–water partition coefficient (Wildman–Crippen LogP) is 4.64. The fourth-order valence-corrected chi connectivity index (χ4v) is 3.54. The minimum absolute atomic E-state index is 0.107. The molecule has 0 saturated heterocycles. The fraction of sp³-hybridized carbons (Fsp3) is 0.0435. The van der Waals surface area contributed by atoms with Crippen LogP contribution in [0.25, 0.3) is 16.9 Å². The van der Waals surface area contributed by atoms with Gasteiger partial charge in [0.15, 0.2) is 34.4 Å². The lowest BCUT2D eigenvalue weighted by molar-refractivity contribution is -0.142. The number of halogens is 4. The zero-order valence-corrected chi connectivity index (χ0v) is 17.9. The summed E-state index contributed by atoms with van der Waals surface area (Å²) in [6, 6.07) is 12.3. The molecule has 0 unspecified atom stereocenters. The molecule has 3 N–H and O–H groups in total. The number of fused-ring (bicyclic) bond motifs is 1. The highest BCUT2D eigenvalue weighted by molar-refractivity contribution is 6.04. The summed E-state index contributed by atoms with van der Waals surface area (Å²) < 4.78 is 62.4. The molecule has 5 aromatic rings. The average molecular weight is 498 g/mol. The van der Waals surface area contributed by atoms with Crippen molar-refractivity contribution in [3.63, 3.8) is 0 Å². The number of H-pyrrole nitrogens is 2. The van der Waals surface area contributed by atoms with Gasteiger partial charge in [-0.05, 0) is 24.3 Å². The molecule has 0 aliphatic carbocycles. The molecule has 13 heteroatoms. The number of anilines is 1. The SMILES string of the molecule is O=C(Nc1ccc(Oc2ccnc3[nH]c(=O)[nH]c23)c(F)c1)c1ncn(-c2ccccc2)c1C(F)(F)F. The number of aromatic amines is 2. The summed E-state index contributed by atoms with van der Waals surface area (Å²) in [7, 11) is 0. The number of hydrogen-bond acceptors (Lipinski definition) is 5. The van der Waals surface area contributed by atoms with Crippen molar-refractivity contribution in [2.75, 3.05) is 5.32 Å². The van der Waals surface area contributed by atoms with Crippen molar-refractivity contribution in [3.05, 3.63) is 94.8 Å². The van der Waals surface area contributed by atoms with Gasteiger partial charge in [-0.2, -0.15) is 13.2 Å². The van der Waals surface area contributed by atoms with Crippen LogP contribution in [0.1, 0.15) is 16.2 Å². The Bertz CT molecular complexity index is 1640. The van der Waals surface area contributed by atoms with E-state index < -0.39 is 35.0 Å². The highest BCUT2D eigenvalue weighted by Crippen LogP contribution is 2.34. The van der Waals surface area contributed by atoms with Crippen LogP contribution in [0.4, 0.5) is 23.2 Å². The third kappa shape index (κ3) is 4.29. The molecular weight excluding hydrogens is 484 g/mol. The first-order valence-corrected chi connectivity index (χ1v) is 10.3. The van der Waals surface area contributed by atoms with E-state index in [9.17, 15) is 27.2 Å². The number of imidazole rings is 2. The van der Waals surface area contributed by atoms with E-state index in [1.165, 1.54) is 36.5 Å². The Hall–Kier alpha value is -4.94. The van der Waals surface area contributed by atoms with Crippen LogP contribution in [-0.4, -0.2) is 30.4 Å². The van der Waals surface area contributed by atoms with Crippen LogP contribution in [0, 0.1) is 5.82 Å². The molecule has 0 atom stereocenters. The molecule has 182 valence electrons. The minimum atomic E-state index is -4.89. The smallest absolute Gasteiger partial charge is 0.434 e. The van der Waals surface area contributed by atoms with Crippen molar-refractivity contribution in [2.24, 2.45) is 0 Å². The van der Waals surface area contributed by atoms with Gasteiger partial charge in [0.1, 0.15) is 11.8 Å². The van der Waals surface area contributed by atoms with Gasteiger partial charge in [0.25, 0.3) is 5.91 Å². The van der Waals surface area contributed by atoms with Crippen LogP contribution < -0.4 is 15.7 Å². The standard InChI is InChI=1S/C23H14F4N6O3/c24-14-10-12(6-7-15(14)36-16-8-9-28-20-17(16)31-22(35)32-20)30-21(34)18-19(23(25,26)27)33(11-29-18)13-4-2-1-3-5-13/h1-11H,(H,30,34)(H2,28,31,32,35). The molecule has 0 saturated carbocycles. The number of benzene rings is 2. The van der Waals surface area contributed by atoms with Gasteiger partial charge in [-0.3, -0.25) is 14.3 Å². The predicted molar refractivity (Wildman–Crippen MR) is 120 cm³/mol. The van der Waals surface area contributed by atoms with Crippen molar-refractivity contribution in [1.82, 2.24) is 24.5 Å². The lowest BCUT2D eigenvalue weighted by Crippen LogP contribution is -2.21. The van der Waals surface area contributed by atoms with Gasteiger partial charge in [0.2, 0.25) is 0 Å². The number of aromatic nitrogens is 5. The normalized spacial score (nSPS) is 11.6. The van der Waals surface area contributed by atoms with Gasteiger partial charge >= 0.3 is 11.9 Å². The minimum Gasteiger partial charge on any atom is -0.452 e. The Morgan fingerprint density at radius 3 is 2.50 bits per heavy atom. The van der Waals surface area contributed by atoms with Gasteiger partial charge in [-0.15, -0.1) is 0 Å². The van der Waals surface area contributed by atoms with Crippen molar-refractivity contribution < 1.29 is 27.1 Å². The zero-order valence-electron chi connectivity index (χ0n) is 17.9. The Morgan fingerprint density at radius 2 is 1.78 bits per heavy atom. The number of hydrogen-bond donors (Lipinski definition) is 3. The third-order valence-corrected chi connectivity index (χ3v) is 5.08. The van der Waals surface area contributed by atoms with Crippen LogP contribution in [0.5, 0.6) is 11.5 Å². The number of amides is 1. The van der Waals surface area contributed by atoms with Gasteiger partial charge in [-0.1, -0.05) is 18.2 Å². The molecule has 2 aromatic carbocycles. The van der Waals surface area contributed by atoms with E-state index in [0.29, 0.717) is 0 Å². The van der Waals surface area contributed by atoms with Crippen LogP contribution >= 0.6 is 0 Å². The molecule has 3 aromatic heterocycles. The molecule has 3 heterocycles. The number of nitrogens with zero attached hydrogens (tertiary/aromatic N) is 3. The first-order valence-electron chi connectivity index (χ1n) is 10.3. The zero-order chi connectivity index (χ0) is 25.4. The van der Waals surface area contributed by atoms with E-state index in [4.69, 9.17) is 4.74 Å². The number of nitrogens with one attached hydrogen (secondary N) is 3. The maximum atomic E-state index is 14.7. The lowest BCUT2D eigenvalue weighted by Gasteiger charge is -2.13. The van der Waals surface area contributed by atoms with Crippen LogP contribution in [0.15, 0.2) is 71.9 Å².